The van der Waals surface area contributed by atoms with Crippen molar-refractivity contribution >= 4 is 37.3 Å². The molecule has 1 unspecified atom stereocenters. The van der Waals surface area contributed by atoms with E-state index in [4.69, 9.17) is 0 Å². The van der Waals surface area contributed by atoms with Gasteiger partial charge in [0.1, 0.15) is 4.21 Å². The minimum absolute atomic E-state index is 0.0490. The van der Waals surface area contributed by atoms with Crippen molar-refractivity contribution in [1.29, 1.82) is 0 Å². The molecule has 0 saturated carbocycles. The largest absolute Gasteiger partial charge is 0.250 e. The molecule has 0 bridgehead atoms. The van der Waals surface area contributed by atoms with E-state index in [1.54, 1.807) is 17.5 Å². The Morgan fingerprint density at radius 1 is 1.50 bits per heavy atom. The maximum atomic E-state index is 11.9. The van der Waals surface area contributed by atoms with Crippen LogP contribution in [-0.4, -0.2) is 19.8 Å². The summed E-state index contributed by atoms with van der Waals surface area (Å²) in [4.78, 5) is 0. The lowest BCUT2D eigenvalue weighted by Gasteiger charge is -2.17. The fourth-order valence-corrected chi connectivity index (χ4v) is 4.30. The van der Waals surface area contributed by atoms with Gasteiger partial charge in [-0.25, -0.2) is 13.1 Å². The van der Waals surface area contributed by atoms with Crippen LogP contribution in [0.2, 0.25) is 0 Å². The minimum Gasteiger partial charge on any atom is -0.207 e. The van der Waals surface area contributed by atoms with E-state index in [0.717, 1.165) is 6.42 Å². The number of thiophene rings is 1. The lowest BCUT2D eigenvalue weighted by Crippen LogP contribution is -2.36. The zero-order chi connectivity index (χ0) is 12.2. The Hall–Kier alpha value is 0.0900. The van der Waals surface area contributed by atoms with Crippen molar-refractivity contribution in [3.63, 3.8) is 0 Å². The van der Waals surface area contributed by atoms with Gasteiger partial charge >= 0.3 is 0 Å². The summed E-state index contributed by atoms with van der Waals surface area (Å²) < 4.78 is 26.9. The molecule has 1 aromatic heterocycles. The molecule has 0 fully saturated rings. The Bertz CT molecular complexity index is 400. The number of halogens is 1. The van der Waals surface area contributed by atoms with Crippen LogP contribution in [0.5, 0.6) is 0 Å². The van der Waals surface area contributed by atoms with Crippen LogP contribution in [0.4, 0.5) is 0 Å². The Kier molecular flexibility index (Phi) is 5.43. The number of alkyl halides is 1. The summed E-state index contributed by atoms with van der Waals surface area (Å²) in [6.45, 7) is 4.16. The molecule has 3 nitrogen and oxygen atoms in total. The van der Waals surface area contributed by atoms with Crippen molar-refractivity contribution in [2.24, 2.45) is 5.92 Å². The molecule has 0 spiro atoms. The molecule has 0 aliphatic rings. The molecule has 0 saturated heterocycles. The smallest absolute Gasteiger partial charge is 0.207 e. The number of sulfonamides is 1. The van der Waals surface area contributed by atoms with Crippen LogP contribution in [0.15, 0.2) is 21.7 Å². The standard InChI is InChI=1S/C10H16BrNO2S2/c1-8(2)6-9(7-11)12-16(13,14)10-4-3-5-15-10/h3-5,8-9,12H,6-7H2,1-2H3. The molecule has 1 heterocycles. The van der Waals surface area contributed by atoms with E-state index in [0.29, 0.717) is 15.5 Å². The maximum absolute atomic E-state index is 11.9. The first kappa shape index (κ1) is 14.2. The van der Waals surface area contributed by atoms with Gasteiger partial charge in [-0.1, -0.05) is 35.8 Å². The van der Waals surface area contributed by atoms with E-state index >= 15 is 0 Å². The molecule has 0 aromatic carbocycles. The molecule has 0 aliphatic carbocycles. The molecule has 1 aromatic rings. The number of rotatable bonds is 6. The van der Waals surface area contributed by atoms with E-state index in [9.17, 15) is 8.42 Å². The molecule has 0 aliphatic heterocycles. The second kappa shape index (κ2) is 6.14. The summed E-state index contributed by atoms with van der Waals surface area (Å²) in [6, 6.07) is 3.31. The molecule has 6 heteroatoms. The maximum Gasteiger partial charge on any atom is 0.250 e. The predicted molar refractivity (Wildman–Crippen MR) is 71.7 cm³/mol. The normalized spacial score (nSPS) is 14.2. The van der Waals surface area contributed by atoms with E-state index < -0.39 is 10.0 Å². The van der Waals surface area contributed by atoms with Gasteiger partial charge in [-0.15, -0.1) is 11.3 Å². The van der Waals surface area contributed by atoms with Crippen LogP contribution in [0.3, 0.4) is 0 Å². The summed E-state index contributed by atoms with van der Waals surface area (Å²) in [5, 5.41) is 2.40. The summed E-state index contributed by atoms with van der Waals surface area (Å²) >= 11 is 4.57. The second-order valence-corrected chi connectivity index (χ2v) is 7.57. The third-order valence-electron chi connectivity index (χ3n) is 2.02. The van der Waals surface area contributed by atoms with Gasteiger partial charge in [0.15, 0.2) is 0 Å². The van der Waals surface area contributed by atoms with Crippen molar-refractivity contribution in [3.8, 4) is 0 Å². The summed E-state index contributed by atoms with van der Waals surface area (Å²) in [5.41, 5.74) is 0. The highest BCUT2D eigenvalue weighted by molar-refractivity contribution is 9.09. The van der Waals surface area contributed by atoms with Crippen LogP contribution in [0.25, 0.3) is 0 Å². The molecule has 92 valence electrons. The van der Waals surface area contributed by atoms with Gasteiger partial charge in [0.2, 0.25) is 10.0 Å². The Balaban J connectivity index is 2.71. The van der Waals surface area contributed by atoms with Crippen LogP contribution in [0, 0.1) is 5.92 Å². The lowest BCUT2D eigenvalue weighted by atomic mass is 10.1. The molecular weight excluding hydrogens is 310 g/mol. The number of hydrogen-bond donors (Lipinski definition) is 1. The van der Waals surface area contributed by atoms with Gasteiger partial charge in [0.05, 0.1) is 0 Å². The monoisotopic (exact) mass is 325 g/mol. The van der Waals surface area contributed by atoms with Crippen LogP contribution in [-0.2, 0) is 10.0 Å². The first-order chi connectivity index (χ1) is 7.45. The third-order valence-corrected chi connectivity index (χ3v) is 5.72. The Morgan fingerprint density at radius 3 is 2.62 bits per heavy atom. The first-order valence-corrected chi connectivity index (χ1v) is 8.56. The van der Waals surface area contributed by atoms with Crippen LogP contribution >= 0.6 is 27.3 Å². The summed E-state index contributed by atoms with van der Waals surface area (Å²) in [6.07, 6.45) is 0.829. The average molecular weight is 326 g/mol. The number of hydrogen-bond acceptors (Lipinski definition) is 3. The minimum atomic E-state index is -3.34. The Morgan fingerprint density at radius 2 is 2.19 bits per heavy atom. The van der Waals surface area contributed by atoms with Gasteiger partial charge in [0, 0.05) is 11.4 Å². The third kappa shape index (κ3) is 4.16. The van der Waals surface area contributed by atoms with Crippen molar-refractivity contribution in [1.82, 2.24) is 4.72 Å². The predicted octanol–water partition coefficient (Wildman–Crippen LogP) is 2.84. The molecule has 16 heavy (non-hydrogen) atoms. The zero-order valence-corrected chi connectivity index (χ0v) is 12.5. The van der Waals surface area contributed by atoms with Crippen molar-refractivity contribution < 1.29 is 8.42 Å². The average Bonchev–Trinajstić information content (AvgIpc) is 2.68. The van der Waals surface area contributed by atoms with Crippen molar-refractivity contribution in [2.45, 2.75) is 30.5 Å². The molecular formula is C10H16BrNO2S2. The second-order valence-electron chi connectivity index (χ2n) is 4.03. The summed E-state index contributed by atoms with van der Waals surface area (Å²) in [7, 11) is -3.34. The fourth-order valence-electron chi connectivity index (χ4n) is 1.41. The Labute approximate surface area is 109 Å². The highest BCUT2D eigenvalue weighted by Crippen LogP contribution is 2.17. The summed E-state index contributed by atoms with van der Waals surface area (Å²) in [5.74, 6) is 0.466. The van der Waals surface area contributed by atoms with Crippen molar-refractivity contribution in [2.75, 3.05) is 5.33 Å². The van der Waals surface area contributed by atoms with Gasteiger partial charge < -0.3 is 0 Å². The van der Waals surface area contributed by atoms with E-state index in [1.165, 1.54) is 11.3 Å². The van der Waals surface area contributed by atoms with Gasteiger partial charge in [-0.05, 0) is 23.8 Å². The quantitative estimate of drug-likeness (QED) is 0.817. The SMILES string of the molecule is CC(C)CC(CBr)NS(=O)(=O)c1cccs1. The molecule has 1 atom stereocenters. The van der Waals surface area contributed by atoms with Gasteiger partial charge in [-0.2, -0.15) is 0 Å². The molecule has 0 amide bonds. The zero-order valence-electron chi connectivity index (χ0n) is 9.31. The highest BCUT2D eigenvalue weighted by Gasteiger charge is 2.20. The molecule has 0 radical (unpaired) electrons. The van der Waals surface area contributed by atoms with Gasteiger partial charge in [-0.3, -0.25) is 0 Å². The highest BCUT2D eigenvalue weighted by atomic mass is 79.9. The van der Waals surface area contributed by atoms with E-state index in [2.05, 4.69) is 34.5 Å². The molecule has 1 rings (SSSR count). The van der Waals surface area contributed by atoms with Crippen molar-refractivity contribution in [3.05, 3.63) is 17.5 Å². The number of nitrogens with one attached hydrogen (secondary N) is 1. The lowest BCUT2D eigenvalue weighted by molar-refractivity contribution is 0.489. The first-order valence-electron chi connectivity index (χ1n) is 5.07. The fraction of sp³-hybridized carbons (Fsp3) is 0.600. The van der Waals surface area contributed by atoms with Crippen LogP contribution in [0.1, 0.15) is 20.3 Å². The van der Waals surface area contributed by atoms with Crippen LogP contribution < -0.4 is 4.72 Å². The molecule has 1 N–H and O–H groups in total. The van der Waals surface area contributed by atoms with Gasteiger partial charge in [0.25, 0.3) is 0 Å². The van der Waals surface area contributed by atoms with E-state index in [-0.39, 0.29) is 6.04 Å². The van der Waals surface area contributed by atoms with E-state index in [1.807, 2.05) is 0 Å². The topological polar surface area (TPSA) is 46.2 Å².